The molecule has 0 saturated carbocycles. The van der Waals surface area contributed by atoms with Crippen LogP contribution in [0.3, 0.4) is 0 Å². The van der Waals surface area contributed by atoms with Gasteiger partial charge in [-0.1, -0.05) is 30.3 Å². The molecule has 0 spiro atoms. The molecule has 1 aromatic rings. The van der Waals surface area contributed by atoms with Gasteiger partial charge in [-0.3, -0.25) is 0 Å². The highest BCUT2D eigenvalue weighted by Crippen LogP contribution is 1.97. The topological polar surface area (TPSA) is 44.4 Å². The van der Waals surface area contributed by atoms with E-state index in [9.17, 15) is 4.79 Å². The monoisotopic (exact) mass is 249 g/mol. The summed E-state index contributed by atoms with van der Waals surface area (Å²) in [5, 5.41) is 5.70. The van der Waals surface area contributed by atoms with Crippen molar-refractivity contribution < 1.29 is 4.79 Å². The average Bonchev–Trinajstić information content (AvgIpc) is 2.36. The minimum absolute atomic E-state index is 0.0790. The molecule has 0 saturated heterocycles. The Balaban J connectivity index is 2.03. The van der Waals surface area contributed by atoms with Crippen molar-refractivity contribution in [2.75, 3.05) is 33.7 Å². The van der Waals surface area contributed by atoms with E-state index >= 15 is 0 Å². The van der Waals surface area contributed by atoms with Crippen molar-refractivity contribution in [1.82, 2.24) is 15.5 Å². The summed E-state index contributed by atoms with van der Waals surface area (Å²) in [4.78, 5) is 13.5. The van der Waals surface area contributed by atoms with E-state index in [0.29, 0.717) is 6.54 Å². The second-order valence-corrected chi connectivity index (χ2v) is 4.58. The summed E-state index contributed by atoms with van der Waals surface area (Å²) in [5.41, 5.74) is 1.24. The third kappa shape index (κ3) is 6.91. The normalized spacial score (nSPS) is 10.4. The number of nitrogens with one attached hydrogen (secondary N) is 2. The van der Waals surface area contributed by atoms with Gasteiger partial charge in [-0.15, -0.1) is 0 Å². The lowest BCUT2D eigenvalue weighted by molar-refractivity contribution is 0.240. The molecular formula is C14H23N3O. The molecule has 0 unspecified atom stereocenters. The first-order valence-corrected chi connectivity index (χ1v) is 6.39. The molecule has 0 atom stereocenters. The summed E-state index contributed by atoms with van der Waals surface area (Å²) in [7, 11) is 4.06. The number of carbonyl (C=O) groups excluding carboxylic acids is 1. The van der Waals surface area contributed by atoms with E-state index in [-0.39, 0.29) is 6.03 Å². The number of hydrogen-bond donors (Lipinski definition) is 2. The van der Waals surface area contributed by atoms with Crippen LogP contribution in [0.4, 0.5) is 4.79 Å². The third-order valence-electron chi connectivity index (χ3n) is 2.61. The van der Waals surface area contributed by atoms with Crippen molar-refractivity contribution >= 4 is 6.03 Å². The quantitative estimate of drug-likeness (QED) is 0.719. The van der Waals surface area contributed by atoms with Crippen LogP contribution >= 0.6 is 0 Å². The van der Waals surface area contributed by atoms with E-state index in [1.807, 2.05) is 32.3 Å². The zero-order chi connectivity index (χ0) is 13.2. The maximum Gasteiger partial charge on any atom is 0.314 e. The molecule has 18 heavy (non-hydrogen) atoms. The predicted molar refractivity (Wildman–Crippen MR) is 74.7 cm³/mol. The van der Waals surface area contributed by atoms with Gasteiger partial charge in [-0.2, -0.15) is 0 Å². The smallest absolute Gasteiger partial charge is 0.314 e. The highest BCUT2D eigenvalue weighted by atomic mass is 16.2. The first kappa shape index (κ1) is 14.5. The van der Waals surface area contributed by atoms with E-state index in [1.165, 1.54) is 5.56 Å². The molecule has 1 rings (SSSR count). The number of rotatable bonds is 7. The number of nitrogens with zero attached hydrogens (tertiary/aromatic N) is 1. The van der Waals surface area contributed by atoms with Crippen LogP contribution in [0, 0.1) is 0 Å². The molecule has 0 radical (unpaired) electrons. The minimum atomic E-state index is -0.0790. The summed E-state index contributed by atoms with van der Waals surface area (Å²) in [6.45, 7) is 2.38. The SMILES string of the molecule is CN(C)CCCNC(=O)NCCc1ccccc1. The van der Waals surface area contributed by atoms with E-state index in [0.717, 1.165) is 25.9 Å². The van der Waals surface area contributed by atoms with Crippen LogP contribution < -0.4 is 10.6 Å². The second kappa shape index (κ2) is 8.53. The lowest BCUT2D eigenvalue weighted by atomic mass is 10.1. The van der Waals surface area contributed by atoms with Crippen molar-refractivity contribution in [3.63, 3.8) is 0 Å². The van der Waals surface area contributed by atoms with Crippen LogP contribution in [0.2, 0.25) is 0 Å². The van der Waals surface area contributed by atoms with Gasteiger partial charge >= 0.3 is 6.03 Å². The summed E-state index contributed by atoms with van der Waals surface area (Å²) >= 11 is 0. The number of hydrogen-bond acceptors (Lipinski definition) is 2. The van der Waals surface area contributed by atoms with Gasteiger partial charge in [0.2, 0.25) is 0 Å². The maximum atomic E-state index is 11.4. The Morgan fingerprint density at radius 3 is 2.44 bits per heavy atom. The zero-order valence-corrected chi connectivity index (χ0v) is 11.3. The molecule has 100 valence electrons. The van der Waals surface area contributed by atoms with Gasteiger partial charge in [-0.05, 0) is 39.0 Å². The standard InChI is InChI=1S/C14H23N3O/c1-17(2)12-6-10-15-14(18)16-11-9-13-7-4-3-5-8-13/h3-5,7-8H,6,9-12H2,1-2H3,(H2,15,16,18). The fourth-order valence-electron chi connectivity index (χ4n) is 1.62. The number of amides is 2. The molecule has 4 heteroatoms. The van der Waals surface area contributed by atoms with Crippen LogP contribution in [-0.2, 0) is 6.42 Å². The lowest BCUT2D eigenvalue weighted by Gasteiger charge is -2.10. The Morgan fingerprint density at radius 1 is 1.11 bits per heavy atom. The largest absolute Gasteiger partial charge is 0.338 e. The van der Waals surface area contributed by atoms with Gasteiger partial charge in [-0.25, -0.2) is 4.79 Å². The third-order valence-corrected chi connectivity index (χ3v) is 2.61. The van der Waals surface area contributed by atoms with Crippen LogP contribution in [0.1, 0.15) is 12.0 Å². The van der Waals surface area contributed by atoms with Gasteiger partial charge in [0.05, 0.1) is 0 Å². The van der Waals surface area contributed by atoms with Crippen molar-refractivity contribution in [3.05, 3.63) is 35.9 Å². The van der Waals surface area contributed by atoms with Crippen molar-refractivity contribution in [2.45, 2.75) is 12.8 Å². The molecule has 0 fully saturated rings. The number of benzene rings is 1. The molecule has 0 aromatic heterocycles. The van der Waals surface area contributed by atoms with Gasteiger partial charge in [0, 0.05) is 13.1 Å². The average molecular weight is 249 g/mol. The summed E-state index contributed by atoms with van der Waals surface area (Å²) in [6.07, 6.45) is 1.84. The predicted octanol–water partition coefficient (Wildman–Crippen LogP) is 1.48. The minimum Gasteiger partial charge on any atom is -0.338 e. The fourth-order valence-corrected chi connectivity index (χ4v) is 1.62. The van der Waals surface area contributed by atoms with Crippen LogP contribution in [-0.4, -0.2) is 44.7 Å². The summed E-state index contributed by atoms with van der Waals surface area (Å²) in [6, 6.07) is 10.1. The molecule has 0 aliphatic carbocycles. The van der Waals surface area contributed by atoms with Crippen molar-refractivity contribution in [2.24, 2.45) is 0 Å². The molecule has 4 nitrogen and oxygen atoms in total. The van der Waals surface area contributed by atoms with E-state index in [1.54, 1.807) is 0 Å². The van der Waals surface area contributed by atoms with E-state index < -0.39 is 0 Å². The van der Waals surface area contributed by atoms with Crippen molar-refractivity contribution in [1.29, 1.82) is 0 Å². The lowest BCUT2D eigenvalue weighted by Crippen LogP contribution is -2.37. The van der Waals surface area contributed by atoms with Crippen LogP contribution in [0.15, 0.2) is 30.3 Å². The Labute approximate surface area is 109 Å². The van der Waals surface area contributed by atoms with E-state index in [2.05, 4.69) is 27.7 Å². The first-order chi connectivity index (χ1) is 8.68. The van der Waals surface area contributed by atoms with Gasteiger partial charge in [0.15, 0.2) is 0 Å². The fraction of sp³-hybridized carbons (Fsp3) is 0.500. The Bertz CT molecular complexity index is 338. The molecule has 0 aliphatic heterocycles. The van der Waals surface area contributed by atoms with Gasteiger partial charge < -0.3 is 15.5 Å². The van der Waals surface area contributed by atoms with E-state index in [4.69, 9.17) is 0 Å². The Morgan fingerprint density at radius 2 is 1.78 bits per heavy atom. The molecule has 0 heterocycles. The zero-order valence-electron chi connectivity index (χ0n) is 11.3. The maximum absolute atomic E-state index is 11.4. The Hall–Kier alpha value is -1.55. The Kier molecular flexibility index (Phi) is 6.87. The molecular weight excluding hydrogens is 226 g/mol. The van der Waals surface area contributed by atoms with Crippen LogP contribution in [0.5, 0.6) is 0 Å². The molecule has 1 aromatic carbocycles. The van der Waals surface area contributed by atoms with Crippen LogP contribution in [0.25, 0.3) is 0 Å². The molecule has 0 aliphatic rings. The first-order valence-electron chi connectivity index (χ1n) is 6.39. The summed E-state index contributed by atoms with van der Waals surface area (Å²) < 4.78 is 0. The molecule has 2 N–H and O–H groups in total. The second-order valence-electron chi connectivity index (χ2n) is 4.58. The highest BCUT2D eigenvalue weighted by Gasteiger charge is 1.99. The summed E-state index contributed by atoms with van der Waals surface area (Å²) in [5.74, 6) is 0. The molecule has 0 bridgehead atoms. The van der Waals surface area contributed by atoms with Crippen molar-refractivity contribution in [3.8, 4) is 0 Å². The van der Waals surface area contributed by atoms with Gasteiger partial charge in [0.25, 0.3) is 0 Å². The van der Waals surface area contributed by atoms with Gasteiger partial charge in [0.1, 0.15) is 0 Å². The highest BCUT2D eigenvalue weighted by molar-refractivity contribution is 5.73. The number of urea groups is 1. The molecule has 2 amide bonds. The number of carbonyl (C=O) groups is 1.